The Morgan fingerprint density at radius 2 is 2.00 bits per heavy atom. The molecule has 0 aliphatic heterocycles. The Hall–Kier alpha value is -0.790. The molecule has 0 heterocycles. The monoisotopic (exact) mass is 140 g/mol. The molecule has 0 spiro atoms. The molecule has 10 heavy (non-hydrogen) atoms. The van der Waals surface area contributed by atoms with Crippen LogP contribution in [0.5, 0.6) is 0 Å². The smallest absolute Gasteiger partial charge is 0.0216 e. The highest BCUT2D eigenvalue weighted by atomic mass is 14.8. The third-order valence-corrected chi connectivity index (χ3v) is 1.74. The Kier molecular flexibility index (Phi) is 3.13. The maximum atomic E-state index is 7.12. The molecule has 0 saturated heterocycles. The molecule has 0 amide bonds. The minimum absolute atomic E-state index is 0.108. The third-order valence-electron chi connectivity index (χ3n) is 1.74. The number of hydrogen-bond donors (Lipinski definition) is 2. The van der Waals surface area contributed by atoms with Crippen molar-refractivity contribution in [2.24, 2.45) is 5.41 Å². The molecule has 2 heteroatoms. The summed E-state index contributed by atoms with van der Waals surface area (Å²) >= 11 is 0. The lowest BCUT2D eigenvalue weighted by molar-refractivity contribution is 0.633. The van der Waals surface area contributed by atoms with Crippen molar-refractivity contribution in [3.05, 3.63) is 11.8 Å². The lowest BCUT2D eigenvalue weighted by atomic mass is 9.87. The first-order chi connectivity index (χ1) is 4.54. The average Bonchev–Trinajstić information content (AvgIpc) is 1.89. The van der Waals surface area contributed by atoms with Gasteiger partial charge in [0, 0.05) is 18.7 Å². The normalized spacial score (nSPS) is 13.0. The Balaban J connectivity index is 4.31. The summed E-state index contributed by atoms with van der Waals surface area (Å²) in [5.41, 5.74) is 1.06. The summed E-state index contributed by atoms with van der Waals surface area (Å²) in [6, 6.07) is 0. The predicted molar refractivity (Wildman–Crippen MR) is 45.4 cm³/mol. The number of nitrogens with one attached hydrogen (secondary N) is 2. The van der Waals surface area contributed by atoms with E-state index in [0.717, 1.165) is 0 Å². The predicted octanol–water partition coefficient (Wildman–Crippen LogP) is 1.79. The Labute approximate surface area is 62.8 Å². The van der Waals surface area contributed by atoms with Crippen molar-refractivity contribution in [1.29, 1.82) is 5.41 Å². The van der Waals surface area contributed by atoms with Gasteiger partial charge in [0.15, 0.2) is 0 Å². The van der Waals surface area contributed by atoms with Crippen LogP contribution in [0.1, 0.15) is 20.8 Å². The van der Waals surface area contributed by atoms with E-state index in [4.69, 9.17) is 5.41 Å². The maximum absolute atomic E-state index is 7.12. The molecule has 0 saturated carbocycles. The number of allylic oxidation sites excluding steroid dienone is 1. The summed E-state index contributed by atoms with van der Waals surface area (Å²) < 4.78 is 0. The second kappa shape index (κ2) is 3.40. The topological polar surface area (TPSA) is 35.9 Å². The van der Waals surface area contributed by atoms with Crippen molar-refractivity contribution in [2.75, 3.05) is 7.05 Å². The zero-order chi connectivity index (χ0) is 8.20. The van der Waals surface area contributed by atoms with Crippen LogP contribution in [0.2, 0.25) is 0 Å². The minimum Gasteiger partial charge on any atom is -0.394 e. The van der Waals surface area contributed by atoms with Gasteiger partial charge in [-0.2, -0.15) is 0 Å². The molecule has 0 aliphatic carbocycles. The van der Waals surface area contributed by atoms with E-state index in [-0.39, 0.29) is 5.41 Å². The van der Waals surface area contributed by atoms with Crippen molar-refractivity contribution in [3.8, 4) is 0 Å². The van der Waals surface area contributed by atoms with Crippen molar-refractivity contribution in [1.82, 2.24) is 5.32 Å². The molecule has 0 fully saturated rings. The molecule has 2 nitrogen and oxygen atoms in total. The highest BCUT2D eigenvalue weighted by molar-refractivity contribution is 5.65. The summed E-state index contributed by atoms with van der Waals surface area (Å²) in [7, 11) is 1.86. The minimum atomic E-state index is -0.108. The van der Waals surface area contributed by atoms with Crippen LogP contribution in [0, 0.1) is 10.8 Å². The van der Waals surface area contributed by atoms with Gasteiger partial charge < -0.3 is 10.7 Å². The van der Waals surface area contributed by atoms with Crippen LogP contribution < -0.4 is 5.32 Å². The van der Waals surface area contributed by atoms with Gasteiger partial charge in [-0.1, -0.05) is 13.8 Å². The Bertz CT molecular complexity index is 145. The molecule has 0 aromatic rings. The molecule has 0 bridgehead atoms. The van der Waals surface area contributed by atoms with E-state index >= 15 is 0 Å². The van der Waals surface area contributed by atoms with Crippen LogP contribution in [0.25, 0.3) is 0 Å². The van der Waals surface area contributed by atoms with E-state index in [2.05, 4.69) is 5.32 Å². The van der Waals surface area contributed by atoms with Crippen LogP contribution in [0.3, 0.4) is 0 Å². The molecule has 0 aliphatic rings. The maximum Gasteiger partial charge on any atom is 0.0216 e. The van der Waals surface area contributed by atoms with Crippen LogP contribution in [0.4, 0.5) is 0 Å². The van der Waals surface area contributed by atoms with Crippen LogP contribution in [0.15, 0.2) is 11.8 Å². The van der Waals surface area contributed by atoms with Crippen molar-refractivity contribution >= 4 is 6.21 Å². The van der Waals surface area contributed by atoms with Gasteiger partial charge in [0.25, 0.3) is 0 Å². The molecule has 0 radical (unpaired) electrons. The second-order valence-electron chi connectivity index (χ2n) is 2.98. The molecule has 2 N–H and O–H groups in total. The first kappa shape index (κ1) is 9.21. The Morgan fingerprint density at radius 1 is 1.50 bits per heavy atom. The molecule has 0 unspecified atom stereocenters. The van der Waals surface area contributed by atoms with E-state index in [9.17, 15) is 0 Å². The molecule has 0 rings (SSSR count). The van der Waals surface area contributed by atoms with Gasteiger partial charge in [-0.15, -0.1) is 0 Å². The van der Waals surface area contributed by atoms with Gasteiger partial charge in [0.1, 0.15) is 0 Å². The van der Waals surface area contributed by atoms with E-state index < -0.39 is 0 Å². The van der Waals surface area contributed by atoms with E-state index in [1.54, 1.807) is 0 Å². The molecular formula is C8H16N2. The van der Waals surface area contributed by atoms with Gasteiger partial charge in [0.05, 0.1) is 0 Å². The zero-order valence-electron chi connectivity index (χ0n) is 7.15. The van der Waals surface area contributed by atoms with Gasteiger partial charge in [-0.3, -0.25) is 0 Å². The zero-order valence-corrected chi connectivity index (χ0v) is 7.15. The highest BCUT2D eigenvalue weighted by Gasteiger charge is 2.15. The van der Waals surface area contributed by atoms with Gasteiger partial charge in [-0.25, -0.2) is 0 Å². The summed E-state index contributed by atoms with van der Waals surface area (Å²) in [6.07, 6.45) is 3.38. The quantitative estimate of drug-likeness (QED) is 0.576. The largest absolute Gasteiger partial charge is 0.394 e. The van der Waals surface area contributed by atoms with Crippen molar-refractivity contribution < 1.29 is 0 Å². The number of hydrogen-bond acceptors (Lipinski definition) is 2. The molecule has 0 atom stereocenters. The third kappa shape index (κ3) is 2.21. The molecule has 0 aromatic heterocycles. The molecule has 0 aromatic carbocycles. The number of rotatable bonds is 3. The fraction of sp³-hybridized carbons (Fsp3) is 0.625. The fourth-order valence-corrected chi connectivity index (χ4v) is 0.516. The lowest BCUT2D eigenvalue weighted by Crippen LogP contribution is -2.15. The average molecular weight is 140 g/mol. The first-order valence-electron chi connectivity index (χ1n) is 3.40. The summed E-state index contributed by atoms with van der Waals surface area (Å²) in [6.45, 7) is 6.05. The summed E-state index contributed by atoms with van der Waals surface area (Å²) in [4.78, 5) is 0. The van der Waals surface area contributed by atoms with Crippen molar-refractivity contribution in [3.63, 3.8) is 0 Å². The van der Waals surface area contributed by atoms with Crippen molar-refractivity contribution in [2.45, 2.75) is 20.8 Å². The fourth-order valence-electron chi connectivity index (χ4n) is 0.516. The van der Waals surface area contributed by atoms with E-state index in [1.807, 2.05) is 34.0 Å². The van der Waals surface area contributed by atoms with Gasteiger partial charge in [-0.05, 0) is 18.7 Å². The standard InChI is InChI=1S/C8H16N2/c1-7(5-10-4)8(2,3)6-9/h5-6,9-10H,1-4H3/b7-5-,9-6?. The molecule has 58 valence electrons. The highest BCUT2D eigenvalue weighted by Crippen LogP contribution is 2.21. The summed E-state index contributed by atoms with van der Waals surface area (Å²) in [5, 5.41) is 10.1. The first-order valence-corrected chi connectivity index (χ1v) is 3.40. The van der Waals surface area contributed by atoms with E-state index in [1.165, 1.54) is 11.8 Å². The van der Waals surface area contributed by atoms with Gasteiger partial charge in [0.2, 0.25) is 0 Å². The lowest BCUT2D eigenvalue weighted by Gasteiger charge is -2.19. The van der Waals surface area contributed by atoms with Gasteiger partial charge >= 0.3 is 0 Å². The van der Waals surface area contributed by atoms with E-state index in [0.29, 0.717) is 0 Å². The van der Waals surface area contributed by atoms with Crippen LogP contribution in [-0.2, 0) is 0 Å². The van der Waals surface area contributed by atoms with Crippen LogP contribution in [-0.4, -0.2) is 13.3 Å². The Morgan fingerprint density at radius 3 is 2.30 bits per heavy atom. The molecular weight excluding hydrogens is 124 g/mol. The van der Waals surface area contributed by atoms with Crippen LogP contribution >= 0.6 is 0 Å². The SMILES string of the molecule is CN/C=C(/C)C(C)(C)C=N. The summed E-state index contributed by atoms with van der Waals surface area (Å²) in [5.74, 6) is 0. The second-order valence-corrected chi connectivity index (χ2v) is 2.98.